The van der Waals surface area contributed by atoms with Crippen LogP contribution in [0.25, 0.3) is 0 Å². The Kier molecular flexibility index (Phi) is 3.11. The number of carboxylic acids is 1. The molecule has 0 saturated carbocycles. The van der Waals surface area contributed by atoms with Gasteiger partial charge in [0.2, 0.25) is 0 Å². The quantitative estimate of drug-likeness (QED) is 0.847. The lowest BCUT2D eigenvalue weighted by Gasteiger charge is -2.24. The van der Waals surface area contributed by atoms with Gasteiger partial charge in [0.15, 0.2) is 0 Å². The second-order valence-electron chi connectivity index (χ2n) is 4.33. The maximum Gasteiger partial charge on any atom is 0.324 e. The summed E-state index contributed by atoms with van der Waals surface area (Å²) in [7, 11) is 0. The Balaban J connectivity index is 2.26. The molecule has 0 radical (unpaired) electrons. The minimum atomic E-state index is -1.11. The van der Waals surface area contributed by atoms with Crippen LogP contribution in [-0.4, -0.2) is 23.2 Å². The molecule has 92 valence electrons. The van der Waals surface area contributed by atoms with Crippen LogP contribution in [0.3, 0.4) is 0 Å². The highest BCUT2D eigenvalue weighted by atomic mass is 19.1. The van der Waals surface area contributed by atoms with Crippen molar-refractivity contribution in [1.82, 2.24) is 5.32 Å². The van der Waals surface area contributed by atoms with Crippen LogP contribution in [0.1, 0.15) is 18.4 Å². The Morgan fingerprint density at radius 1 is 1.47 bits per heavy atom. The van der Waals surface area contributed by atoms with E-state index in [0.717, 1.165) is 18.6 Å². The smallest absolute Gasteiger partial charge is 0.324 e. The highest BCUT2D eigenvalue weighted by Crippen LogP contribution is 2.26. The van der Waals surface area contributed by atoms with Gasteiger partial charge in [-0.25, -0.2) is 8.78 Å². The number of hydrogen-bond acceptors (Lipinski definition) is 2. The van der Waals surface area contributed by atoms with E-state index in [-0.39, 0.29) is 12.0 Å². The zero-order valence-corrected chi connectivity index (χ0v) is 9.17. The molecule has 0 aromatic heterocycles. The Bertz CT molecular complexity index is 442. The van der Waals surface area contributed by atoms with E-state index in [9.17, 15) is 18.7 Å². The van der Waals surface area contributed by atoms with Crippen molar-refractivity contribution in [2.75, 3.05) is 6.54 Å². The van der Waals surface area contributed by atoms with Gasteiger partial charge in [-0.1, -0.05) is 6.07 Å². The Morgan fingerprint density at radius 3 is 2.76 bits per heavy atom. The third kappa shape index (κ3) is 2.29. The van der Waals surface area contributed by atoms with Crippen LogP contribution in [0.15, 0.2) is 18.2 Å². The van der Waals surface area contributed by atoms with Crippen molar-refractivity contribution in [1.29, 1.82) is 0 Å². The Labute approximate surface area is 97.5 Å². The standard InChI is InChI=1S/C12H13F2NO2/c13-9-3-2-8(10(14)6-9)7-12(11(16)17)4-1-5-15-12/h2-3,6,15H,1,4-5,7H2,(H,16,17). The molecule has 1 aromatic rings. The van der Waals surface area contributed by atoms with E-state index in [0.29, 0.717) is 13.0 Å². The van der Waals surface area contributed by atoms with Gasteiger partial charge in [-0.3, -0.25) is 4.79 Å². The van der Waals surface area contributed by atoms with Crippen LogP contribution < -0.4 is 5.32 Å². The summed E-state index contributed by atoms with van der Waals surface area (Å²) in [5, 5.41) is 12.1. The second-order valence-corrected chi connectivity index (χ2v) is 4.33. The molecule has 5 heteroatoms. The molecule has 1 unspecified atom stereocenters. The molecule has 2 rings (SSSR count). The van der Waals surface area contributed by atoms with Crippen molar-refractivity contribution in [3.63, 3.8) is 0 Å². The summed E-state index contributed by atoms with van der Waals surface area (Å²) < 4.78 is 26.2. The first kappa shape index (κ1) is 12.0. The Morgan fingerprint density at radius 2 is 2.24 bits per heavy atom. The lowest BCUT2D eigenvalue weighted by Crippen LogP contribution is -2.49. The van der Waals surface area contributed by atoms with Crippen LogP contribution in [0.4, 0.5) is 8.78 Å². The van der Waals surface area contributed by atoms with E-state index < -0.39 is 23.1 Å². The van der Waals surface area contributed by atoms with Gasteiger partial charge >= 0.3 is 5.97 Å². The largest absolute Gasteiger partial charge is 0.480 e. The highest BCUT2D eigenvalue weighted by molar-refractivity contribution is 5.79. The predicted octanol–water partition coefficient (Wildman–Crippen LogP) is 1.71. The molecule has 1 saturated heterocycles. The number of benzene rings is 1. The number of hydrogen-bond donors (Lipinski definition) is 2. The van der Waals surface area contributed by atoms with Gasteiger partial charge in [-0.2, -0.15) is 0 Å². The number of carbonyl (C=O) groups is 1. The van der Waals surface area contributed by atoms with E-state index in [1.807, 2.05) is 0 Å². The maximum absolute atomic E-state index is 13.5. The lowest BCUT2D eigenvalue weighted by molar-refractivity contribution is -0.144. The average molecular weight is 241 g/mol. The molecule has 1 aromatic carbocycles. The first-order valence-corrected chi connectivity index (χ1v) is 5.46. The number of rotatable bonds is 3. The number of nitrogens with one attached hydrogen (secondary N) is 1. The van der Waals surface area contributed by atoms with E-state index in [1.54, 1.807) is 0 Å². The molecule has 0 spiro atoms. The topological polar surface area (TPSA) is 49.3 Å². The van der Waals surface area contributed by atoms with Crippen molar-refractivity contribution < 1.29 is 18.7 Å². The van der Waals surface area contributed by atoms with Gasteiger partial charge in [0.1, 0.15) is 17.2 Å². The van der Waals surface area contributed by atoms with Gasteiger partial charge in [0.25, 0.3) is 0 Å². The summed E-state index contributed by atoms with van der Waals surface area (Å²) in [5.41, 5.74) is -0.887. The summed E-state index contributed by atoms with van der Waals surface area (Å²) in [4.78, 5) is 11.2. The third-order valence-corrected chi connectivity index (χ3v) is 3.16. The second kappa shape index (κ2) is 4.41. The molecular weight excluding hydrogens is 228 g/mol. The minimum absolute atomic E-state index is 0.0362. The molecule has 17 heavy (non-hydrogen) atoms. The normalized spacial score (nSPS) is 23.9. The molecule has 1 fully saturated rings. The molecule has 1 heterocycles. The van der Waals surface area contributed by atoms with Crippen molar-refractivity contribution in [3.8, 4) is 0 Å². The van der Waals surface area contributed by atoms with Gasteiger partial charge in [-0.15, -0.1) is 0 Å². The molecule has 0 bridgehead atoms. The molecule has 3 nitrogen and oxygen atoms in total. The van der Waals surface area contributed by atoms with Crippen molar-refractivity contribution in [2.24, 2.45) is 0 Å². The van der Waals surface area contributed by atoms with E-state index in [1.165, 1.54) is 6.07 Å². The fourth-order valence-corrected chi connectivity index (χ4v) is 2.21. The predicted molar refractivity (Wildman–Crippen MR) is 57.7 cm³/mol. The van der Waals surface area contributed by atoms with Crippen molar-refractivity contribution in [2.45, 2.75) is 24.8 Å². The van der Waals surface area contributed by atoms with Crippen LogP contribution >= 0.6 is 0 Å². The van der Waals surface area contributed by atoms with E-state index >= 15 is 0 Å². The SMILES string of the molecule is O=C(O)C1(Cc2ccc(F)cc2F)CCCN1. The first-order chi connectivity index (χ1) is 8.03. The summed E-state index contributed by atoms with van der Waals surface area (Å²) in [6, 6.07) is 3.22. The molecular formula is C12H13F2NO2. The van der Waals surface area contributed by atoms with Gasteiger partial charge in [0, 0.05) is 12.5 Å². The van der Waals surface area contributed by atoms with Crippen LogP contribution in [0.5, 0.6) is 0 Å². The fourth-order valence-electron chi connectivity index (χ4n) is 2.21. The van der Waals surface area contributed by atoms with Gasteiger partial charge in [-0.05, 0) is 31.0 Å². The highest BCUT2D eigenvalue weighted by Gasteiger charge is 2.41. The van der Waals surface area contributed by atoms with Crippen LogP contribution in [0, 0.1) is 11.6 Å². The molecule has 0 aliphatic carbocycles. The average Bonchev–Trinajstić information content (AvgIpc) is 2.72. The van der Waals surface area contributed by atoms with E-state index in [2.05, 4.69) is 5.32 Å². The summed E-state index contributed by atoms with van der Waals surface area (Å²) in [6.07, 6.45) is 1.24. The zero-order chi connectivity index (χ0) is 12.5. The summed E-state index contributed by atoms with van der Waals surface area (Å²) in [5.74, 6) is -2.34. The molecule has 1 atom stereocenters. The van der Waals surface area contributed by atoms with Crippen molar-refractivity contribution in [3.05, 3.63) is 35.4 Å². The lowest BCUT2D eigenvalue weighted by atomic mass is 9.89. The van der Waals surface area contributed by atoms with Crippen LogP contribution in [-0.2, 0) is 11.2 Å². The van der Waals surface area contributed by atoms with E-state index in [4.69, 9.17) is 0 Å². The number of halogens is 2. The summed E-state index contributed by atoms with van der Waals surface area (Å²) >= 11 is 0. The number of carboxylic acid groups (broad SMARTS) is 1. The Hall–Kier alpha value is -1.49. The molecule has 2 N–H and O–H groups in total. The molecule has 0 amide bonds. The van der Waals surface area contributed by atoms with Crippen molar-refractivity contribution >= 4 is 5.97 Å². The van der Waals surface area contributed by atoms with Gasteiger partial charge in [0.05, 0.1) is 0 Å². The summed E-state index contributed by atoms with van der Waals surface area (Å²) in [6.45, 7) is 0.606. The molecule has 1 aliphatic heterocycles. The minimum Gasteiger partial charge on any atom is -0.480 e. The monoisotopic (exact) mass is 241 g/mol. The first-order valence-electron chi connectivity index (χ1n) is 5.46. The zero-order valence-electron chi connectivity index (χ0n) is 9.17. The number of aliphatic carboxylic acids is 1. The fraction of sp³-hybridized carbons (Fsp3) is 0.417. The van der Waals surface area contributed by atoms with Crippen LogP contribution in [0.2, 0.25) is 0 Å². The third-order valence-electron chi connectivity index (χ3n) is 3.16. The van der Waals surface area contributed by atoms with Gasteiger partial charge < -0.3 is 10.4 Å². The maximum atomic E-state index is 13.5. The molecule has 1 aliphatic rings.